The summed E-state index contributed by atoms with van der Waals surface area (Å²) >= 11 is 0. The summed E-state index contributed by atoms with van der Waals surface area (Å²) in [6.07, 6.45) is 3.07. The van der Waals surface area contributed by atoms with Crippen LogP contribution in [0.15, 0.2) is 72.9 Å². The highest BCUT2D eigenvalue weighted by molar-refractivity contribution is 5.96. The van der Waals surface area contributed by atoms with E-state index < -0.39 is 11.7 Å². The summed E-state index contributed by atoms with van der Waals surface area (Å²) < 4.78 is 30.5. The molecule has 0 aliphatic heterocycles. The quantitative estimate of drug-likeness (QED) is 0.217. The van der Waals surface area contributed by atoms with E-state index >= 15 is 0 Å². The first-order chi connectivity index (χ1) is 19.9. The zero-order valence-electron chi connectivity index (χ0n) is 23.7. The Hall–Kier alpha value is -4.37. The highest BCUT2D eigenvalue weighted by Crippen LogP contribution is 2.28. The number of nitrogens with one attached hydrogen (secondary N) is 1. The Kier molecular flexibility index (Phi) is 10.3. The molecule has 216 valence electrons. The van der Waals surface area contributed by atoms with Gasteiger partial charge in [0.1, 0.15) is 12.4 Å². The predicted octanol–water partition coefficient (Wildman–Crippen LogP) is 5.07. The number of aromatic nitrogens is 1. The topological polar surface area (TPSA) is 84.1 Å². The number of aromatic amines is 1. The molecule has 8 nitrogen and oxygen atoms in total. The van der Waals surface area contributed by atoms with Gasteiger partial charge in [-0.2, -0.15) is 0 Å². The number of carbonyl (C=O) groups excluding carboxylic acids is 2. The summed E-state index contributed by atoms with van der Waals surface area (Å²) in [6.45, 7) is 1.17. The van der Waals surface area contributed by atoms with Crippen LogP contribution >= 0.6 is 0 Å². The monoisotopic (exact) mass is 561 g/mol. The van der Waals surface area contributed by atoms with Crippen LogP contribution in [-0.4, -0.2) is 74.2 Å². The summed E-state index contributed by atoms with van der Waals surface area (Å²) in [5.41, 5.74) is 2.90. The molecule has 0 fully saturated rings. The molecule has 0 spiro atoms. The number of H-pyrrole nitrogens is 1. The third-order valence-electron chi connectivity index (χ3n) is 6.99. The third kappa shape index (κ3) is 7.43. The van der Waals surface area contributed by atoms with Crippen LogP contribution in [0.4, 0.5) is 4.39 Å². The average molecular weight is 562 g/mol. The highest BCUT2D eigenvalue weighted by Gasteiger charge is 2.24. The number of para-hydroxylation sites is 1. The Morgan fingerprint density at radius 2 is 1.63 bits per heavy atom. The molecule has 41 heavy (non-hydrogen) atoms. The molecule has 1 heterocycles. The largest absolute Gasteiger partial charge is 0.493 e. The number of amides is 2. The minimum Gasteiger partial charge on any atom is -0.493 e. The van der Waals surface area contributed by atoms with Gasteiger partial charge in [0.25, 0.3) is 5.91 Å². The second-order valence-corrected chi connectivity index (χ2v) is 9.67. The summed E-state index contributed by atoms with van der Waals surface area (Å²) in [4.78, 5) is 33.6. The van der Waals surface area contributed by atoms with E-state index in [-0.39, 0.29) is 24.6 Å². The van der Waals surface area contributed by atoms with Gasteiger partial charge in [0.05, 0.1) is 19.8 Å². The van der Waals surface area contributed by atoms with Gasteiger partial charge in [-0.25, -0.2) is 4.39 Å². The van der Waals surface area contributed by atoms with Crippen LogP contribution in [-0.2, 0) is 22.5 Å². The van der Waals surface area contributed by atoms with Gasteiger partial charge >= 0.3 is 0 Å². The lowest BCUT2D eigenvalue weighted by Crippen LogP contribution is -2.44. The smallest absolute Gasteiger partial charge is 0.257 e. The zero-order valence-corrected chi connectivity index (χ0v) is 23.7. The normalized spacial score (nSPS) is 10.9. The Labute approximate surface area is 239 Å². The van der Waals surface area contributed by atoms with Crippen LogP contribution < -0.4 is 9.47 Å². The van der Waals surface area contributed by atoms with E-state index in [0.717, 1.165) is 22.0 Å². The van der Waals surface area contributed by atoms with Crippen LogP contribution in [0, 0.1) is 5.82 Å². The van der Waals surface area contributed by atoms with E-state index in [2.05, 4.69) is 4.98 Å². The van der Waals surface area contributed by atoms with Crippen molar-refractivity contribution < 1.29 is 28.2 Å². The molecule has 4 rings (SSSR count). The number of rotatable bonds is 14. The Balaban J connectivity index is 1.59. The van der Waals surface area contributed by atoms with E-state index in [1.165, 1.54) is 23.1 Å². The van der Waals surface area contributed by atoms with E-state index in [1.807, 2.05) is 42.6 Å². The molecule has 1 N–H and O–H groups in total. The number of methoxy groups -OCH3 is 3. The molecular formula is C32H36FN3O5. The van der Waals surface area contributed by atoms with Gasteiger partial charge < -0.3 is 29.0 Å². The molecular weight excluding hydrogens is 525 g/mol. The molecule has 0 saturated carbocycles. The number of hydrogen-bond acceptors (Lipinski definition) is 5. The first kappa shape index (κ1) is 29.6. The van der Waals surface area contributed by atoms with Crippen LogP contribution in [0.25, 0.3) is 10.9 Å². The zero-order chi connectivity index (χ0) is 29.2. The van der Waals surface area contributed by atoms with Crippen LogP contribution in [0.1, 0.15) is 27.9 Å². The average Bonchev–Trinajstić information content (AvgIpc) is 3.41. The number of halogens is 1. The predicted molar refractivity (Wildman–Crippen MR) is 156 cm³/mol. The van der Waals surface area contributed by atoms with Crippen molar-refractivity contribution in [2.24, 2.45) is 0 Å². The minimum atomic E-state index is -0.622. The third-order valence-corrected chi connectivity index (χ3v) is 6.99. The molecule has 0 aliphatic carbocycles. The lowest BCUT2D eigenvalue weighted by atomic mass is 10.1. The number of carbonyl (C=O) groups is 2. The lowest BCUT2D eigenvalue weighted by Gasteiger charge is -2.28. The summed E-state index contributed by atoms with van der Waals surface area (Å²) in [7, 11) is 4.71. The van der Waals surface area contributed by atoms with Gasteiger partial charge in [-0.1, -0.05) is 36.4 Å². The van der Waals surface area contributed by atoms with E-state index in [9.17, 15) is 14.0 Å². The number of ether oxygens (including phenoxy) is 3. The Morgan fingerprint density at radius 1 is 0.878 bits per heavy atom. The van der Waals surface area contributed by atoms with E-state index in [4.69, 9.17) is 14.2 Å². The Morgan fingerprint density at radius 3 is 2.39 bits per heavy atom. The van der Waals surface area contributed by atoms with Crippen molar-refractivity contribution in [1.29, 1.82) is 0 Å². The molecule has 0 radical (unpaired) electrons. The SMILES string of the molecule is COCCCN(CC(=O)N(CCc1c[nH]c2ccccc12)Cc1ccc(OC)c(OC)c1)C(=O)c1ccccc1F. The highest BCUT2D eigenvalue weighted by atomic mass is 19.1. The molecule has 1 aromatic heterocycles. The molecule has 4 aromatic rings. The molecule has 3 aromatic carbocycles. The molecule has 0 aliphatic rings. The standard InChI is InChI=1S/C32H36FN3O5/c1-39-18-8-16-36(32(38)26-10-4-6-11-27(26)33)22-31(37)35(21-23-13-14-29(40-2)30(19-23)41-3)17-15-24-20-34-28-12-7-5-9-25(24)28/h4-7,9-14,19-20,34H,8,15-18,21-22H2,1-3H3. The van der Waals surface area contributed by atoms with Crippen molar-refractivity contribution in [3.8, 4) is 11.5 Å². The van der Waals surface area contributed by atoms with Crippen molar-refractivity contribution in [3.05, 3.63) is 95.4 Å². The molecule has 9 heteroatoms. The first-order valence-corrected chi connectivity index (χ1v) is 13.5. The molecule has 2 amide bonds. The maximum atomic E-state index is 14.5. The summed E-state index contributed by atoms with van der Waals surface area (Å²) in [5, 5.41) is 1.10. The van der Waals surface area contributed by atoms with Gasteiger partial charge in [0.2, 0.25) is 5.91 Å². The molecule has 0 saturated heterocycles. The number of nitrogens with zero attached hydrogens (tertiary/aromatic N) is 2. The Bertz CT molecular complexity index is 1470. The van der Waals surface area contributed by atoms with Gasteiger partial charge in [-0.3, -0.25) is 9.59 Å². The van der Waals surface area contributed by atoms with E-state index in [0.29, 0.717) is 44.0 Å². The number of benzene rings is 3. The summed E-state index contributed by atoms with van der Waals surface area (Å²) in [5.74, 6) is -0.252. The van der Waals surface area contributed by atoms with Gasteiger partial charge in [0, 0.05) is 50.5 Å². The molecule has 0 atom stereocenters. The number of hydrogen-bond donors (Lipinski definition) is 1. The van der Waals surface area contributed by atoms with Crippen LogP contribution in [0.3, 0.4) is 0 Å². The number of fused-ring (bicyclic) bond motifs is 1. The van der Waals surface area contributed by atoms with Crippen molar-refractivity contribution in [2.45, 2.75) is 19.4 Å². The molecule has 0 unspecified atom stereocenters. The fourth-order valence-corrected chi connectivity index (χ4v) is 4.81. The lowest BCUT2D eigenvalue weighted by molar-refractivity contribution is -0.132. The second kappa shape index (κ2) is 14.3. The van der Waals surface area contributed by atoms with Crippen molar-refractivity contribution in [2.75, 3.05) is 47.6 Å². The maximum absolute atomic E-state index is 14.5. The van der Waals surface area contributed by atoms with Crippen molar-refractivity contribution >= 4 is 22.7 Å². The minimum absolute atomic E-state index is 0.0667. The first-order valence-electron chi connectivity index (χ1n) is 13.5. The van der Waals surface area contributed by atoms with Gasteiger partial charge in [-0.15, -0.1) is 0 Å². The fraction of sp³-hybridized carbons (Fsp3) is 0.312. The van der Waals surface area contributed by atoms with Crippen molar-refractivity contribution in [3.63, 3.8) is 0 Å². The van der Waals surface area contributed by atoms with E-state index in [1.54, 1.807) is 38.4 Å². The fourth-order valence-electron chi connectivity index (χ4n) is 4.81. The maximum Gasteiger partial charge on any atom is 0.257 e. The summed E-state index contributed by atoms with van der Waals surface area (Å²) in [6, 6.07) is 19.4. The van der Waals surface area contributed by atoms with Gasteiger partial charge in [-0.05, 0) is 54.3 Å². The van der Waals surface area contributed by atoms with Gasteiger partial charge in [0.15, 0.2) is 11.5 Å². The van der Waals surface area contributed by atoms with Crippen LogP contribution in [0.2, 0.25) is 0 Å². The van der Waals surface area contributed by atoms with Crippen LogP contribution in [0.5, 0.6) is 11.5 Å². The molecule has 0 bridgehead atoms. The van der Waals surface area contributed by atoms with Crippen molar-refractivity contribution in [1.82, 2.24) is 14.8 Å². The second-order valence-electron chi connectivity index (χ2n) is 9.67.